The van der Waals surface area contributed by atoms with Crippen LogP contribution in [0.1, 0.15) is 35.5 Å². The number of carbonyl (C=O) groups excluding carboxylic acids is 1. The van der Waals surface area contributed by atoms with Crippen LogP contribution in [0.5, 0.6) is 0 Å². The van der Waals surface area contributed by atoms with Gasteiger partial charge < -0.3 is 18.7 Å². The molecule has 1 N–H and O–H groups in total. The molecule has 3 aromatic heterocycles. The molecular weight excluding hydrogens is 280 g/mol. The molecule has 0 aliphatic heterocycles. The average molecular weight is 298 g/mol. The van der Waals surface area contributed by atoms with E-state index in [1.165, 1.54) is 19.3 Å². The SMILES string of the molecule is O=C(NCc1ccco1)c1cc2occc2n1CC1CCC1. The van der Waals surface area contributed by atoms with Crippen molar-refractivity contribution in [1.82, 2.24) is 9.88 Å². The first-order valence-corrected chi connectivity index (χ1v) is 7.68. The van der Waals surface area contributed by atoms with Gasteiger partial charge in [-0.2, -0.15) is 0 Å². The molecule has 5 heteroatoms. The van der Waals surface area contributed by atoms with Crippen molar-refractivity contribution in [2.75, 3.05) is 0 Å². The Bertz CT molecular complexity index is 778. The highest BCUT2D eigenvalue weighted by Gasteiger charge is 2.23. The van der Waals surface area contributed by atoms with Crippen molar-refractivity contribution in [2.24, 2.45) is 5.92 Å². The van der Waals surface area contributed by atoms with Crippen LogP contribution in [0.2, 0.25) is 0 Å². The molecule has 0 bridgehead atoms. The quantitative estimate of drug-likeness (QED) is 0.783. The van der Waals surface area contributed by atoms with Crippen molar-refractivity contribution in [3.63, 3.8) is 0 Å². The Morgan fingerprint density at radius 3 is 2.91 bits per heavy atom. The third-order valence-electron chi connectivity index (χ3n) is 4.42. The van der Waals surface area contributed by atoms with E-state index in [1.54, 1.807) is 12.5 Å². The fourth-order valence-electron chi connectivity index (χ4n) is 2.97. The van der Waals surface area contributed by atoms with Crippen molar-refractivity contribution in [3.8, 4) is 0 Å². The predicted octanol–water partition coefficient (Wildman–Crippen LogP) is 3.56. The maximum Gasteiger partial charge on any atom is 0.268 e. The second-order valence-corrected chi connectivity index (χ2v) is 5.87. The average Bonchev–Trinajstić information content (AvgIpc) is 3.17. The third-order valence-corrected chi connectivity index (χ3v) is 4.42. The molecule has 3 aromatic rings. The van der Waals surface area contributed by atoms with Gasteiger partial charge in [-0.15, -0.1) is 0 Å². The normalized spacial score (nSPS) is 15.1. The lowest BCUT2D eigenvalue weighted by atomic mass is 9.85. The van der Waals surface area contributed by atoms with Crippen LogP contribution in [0, 0.1) is 5.92 Å². The molecular formula is C17H18N2O3. The summed E-state index contributed by atoms with van der Waals surface area (Å²) < 4.78 is 12.8. The first-order chi connectivity index (χ1) is 10.8. The molecule has 0 radical (unpaired) electrons. The van der Waals surface area contributed by atoms with E-state index in [4.69, 9.17) is 8.83 Å². The summed E-state index contributed by atoms with van der Waals surface area (Å²) in [5.41, 5.74) is 2.42. The van der Waals surface area contributed by atoms with Crippen molar-refractivity contribution < 1.29 is 13.6 Å². The smallest absolute Gasteiger partial charge is 0.268 e. The minimum absolute atomic E-state index is 0.0953. The molecule has 0 spiro atoms. The summed E-state index contributed by atoms with van der Waals surface area (Å²) in [7, 11) is 0. The molecule has 4 rings (SSSR count). The summed E-state index contributed by atoms with van der Waals surface area (Å²) in [5.74, 6) is 1.32. The van der Waals surface area contributed by atoms with Crippen LogP contribution in [0.4, 0.5) is 0 Å². The van der Waals surface area contributed by atoms with E-state index in [9.17, 15) is 4.79 Å². The van der Waals surface area contributed by atoms with Crippen molar-refractivity contribution in [3.05, 3.63) is 48.2 Å². The minimum atomic E-state index is -0.0953. The van der Waals surface area contributed by atoms with Gasteiger partial charge in [0.25, 0.3) is 5.91 Å². The lowest BCUT2D eigenvalue weighted by Gasteiger charge is -2.26. The Kier molecular flexibility index (Phi) is 3.25. The van der Waals surface area contributed by atoms with Gasteiger partial charge >= 0.3 is 0 Å². The van der Waals surface area contributed by atoms with Crippen LogP contribution in [0.15, 0.2) is 45.6 Å². The Balaban J connectivity index is 1.57. The first-order valence-electron chi connectivity index (χ1n) is 7.68. The van der Waals surface area contributed by atoms with Crippen LogP contribution in [-0.2, 0) is 13.1 Å². The number of furan rings is 2. The predicted molar refractivity (Wildman–Crippen MR) is 81.4 cm³/mol. The van der Waals surface area contributed by atoms with Crippen LogP contribution in [-0.4, -0.2) is 10.5 Å². The van der Waals surface area contributed by atoms with Gasteiger partial charge in [-0.25, -0.2) is 0 Å². The molecule has 0 aromatic carbocycles. The summed E-state index contributed by atoms with van der Waals surface area (Å²) in [6, 6.07) is 7.41. The van der Waals surface area contributed by atoms with Crippen molar-refractivity contribution in [1.29, 1.82) is 0 Å². The van der Waals surface area contributed by atoms with Gasteiger partial charge in [0.1, 0.15) is 11.5 Å². The number of rotatable bonds is 5. The zero-order valence-electron chi connectivity index (χ0n) is 12.2. The van der Waals surface area contributed by atoms with E-state index < -0.39 is 0 Å². The number of nitrogens with zero attached hydrogens (tertiary/aromatic N) is 1. The Morgan fingerprint density at radius 2 is 2.18 bits per heavy atom. The molecule has 5 nitrogen and oxygen atoms in total. The number of hydrogen-bond donors (Lipinski definition) is 1. The molecule has 1 fully saturated rings. The molecule has 0 unspecified atom stereocenters. The maximum absolute atomic E-state index is 12.5. The molecule has 1 saturated carbocycles. The standard InChI is InChI=1S/C17H18N2O3/c20-17(18-10-13-5-2-7-21-13)15-9-16-14(6-8-22-16)19(15)11-12-3-1-4-12/h2,5-9,12H,1,3-4,10-11H2,(H,18,20). The molecule has 0 saturated heterocycles. The van der Waals surface area contributed by atoms with Crippen LogP contribution < -0.4 is 5.32 Å². The second-order valence-electron chi connectivity index (χ2n) is 5.87. The van der Waals surface area contributed by atoms with Crippen LogP contribution in [0.25, 0.3) is 11.1 Å². The molecule has 3 heterocycles. The Labute approximate surface area is 127 Å². The molecule has 114 valence electrons. The van der Waals surface area contributed by atoms with Gasteiger partial charge in [0.05, 0.1) is 24.6 Å². The van der Waals surface area contributed by atoms with Gasteiger partial charge in [0, 0.05) is 18.7 Å². The monoisotopic (exact) mass is 298 g/mol. The fourth-order valence-corrected chi connectivity index (χ4v) is 2.97. The van der Waals surface area contributed by atoms with E-state index in [0.29, 0.717) is 18.2 Å². The van der Waals surface area contributed by atoms with E-state index >= 15 is 0 Å². The first kappa shape index (κ1) is 13.2. The Hall–Kier alpha value is -2.43. The molecule has 0 atom stereocenters. The minimum Gasteiger partial charge on any atom is -0.467 e. The topological polar surface area (TPSA) is 60.3 Å². The molecule has 1 aliphatic rings. The number of amides is 1. The maximum atomic E-state index is 12.5. The van der Waals surface area contributed by atoms with Gasteiger partial charge in [-0.1, -0.05) is 6.42 Å². The highest BCUT2D eigenvalue weighted by atomic mass is 16.3. The van der Waals surface area contributed by atoms with Crippen LogP contribution >= 0.6 is 0 Å². The number of carbonyl (C=O) groups is 1. The fraction of sp³-hybridized carbons (Fsp3) is 0.353. The number of hydrogen-bond acceptors (Lipinski definition) is 3. The number of nitrogens with one attached hydrogen (secondary N) is 1. The van der Waals surface area contributed by atoms with Crippen LogP contribution in [0.3, 0.4) is 0 Å². The lowest BCUT2D eigenvalue weighted by Crippen LogP contribution is -2.27. The summed E-state index contributed by atoms with van der Waals surface area (Å²) in [5, 5.41) is 2.91. The zero-order valence-corrected chi connectivity index (χ0v) is 12.2. The highest BCUT2D eigenvalue weighted by molar-refractivity contribution is 5.97. The van der Waals surface area contributed by atoms with E-state index in [-0.39, 0.29) is 5.91 Å². The zero-order chi connectivity index (χ0) is 14.9. The molecule has 1 amide bonds. The summed E-state index contributed by atoms with van der Waals surface area (Å²) in [6.45, 7) is 1.27. The van der Waals surface area contributed by atoms with Gasteiger partial charge in [0.15, 0.2) is 5.58 Å². The van der Waals surface area contributed by atoms with Gasteiger partial charge in [-0.05, 0) is 30.9 Å². The summed E-state index contributed by atoms with van der Waals surface area (Å²) in [6.07, 6.45) is 7.05. The van der Waals surface area contributed by atoms with Crippen molar-refractivity contribution >= 4 is 17.0 Å². The Morgan fingerprint density at radius 1 is 1.27 bits per heavy atom. The number of fused-ring (bicyclic) bond motifs is 1. The summed E-state index contributed by atoms with van der Waals surface area (Å²) in [4.78, 5) is 12.5. The van der Waals surface area contributed by atoms with E-state index in [0.717, 1.165) is 23.4 Å². The highest BCUT2D eigenvalue weighted by Crippen LogP contribution is 2.31. The van der Waals surface area contributed by atoms with E-state index in [2.05, 4.69) is 9.88 Å². The van der Waals surface area contributed by atoms with Crippen molar-refractivity contribution in [2.45, 2.75) is 32.4 Å². The van der Waals surface area contributed by atoms with E-state index in [1.807, 2.05) is 24.3 Å². The largest absolute Gasteiger partial charge is 0.467 e. The second kappa shape index (κ2) is 5.40. The third kappa shape index (κ3) is 2.32. The molecule has 22 heavy (non-hydrogen) atoms. The summed E-state index contributed by atoms with van der Waals surface area (Å²) >= 11 is 0. The lowest BCUT2D eigenvalue weighted by molar-refractivity contribution is 0.0936. The molecule has 1 aliphatic carbocycles. The van der Waals surface area contributed by atoms with Gasteiger partial charge in [0.2, 0.25) is 0 Å². The van der Waals surface area contributed by atoms with Gasteiger partial charge in [-0.3, -0.25) is 4.79 Å². The number of aromatic nitrogens is 1.